The number of benzene rings is 2. The molecule has 1 aliphatic rings. The van der Waals surface area contributed by atoms with E-state index in [1.807, 2.05) is 6.92 Å². The molecule has 1 aliphatic carbocycles. The Bertz CT molecular complexity index is 1090. The highest BCUT2D eigenvalue weighted by Gasteiger charge is 2.41. The second-order valence-electron chi connectivity index (χ2n) is 7.44. The largest absolute Gasteiger partial charge is 0.481 e. The lowest BCUT2D eigenvalue weighted by atomic mass is 9.70. The number of methoxy groups -OCH3 is 1. The van der Waals surface area contributed by atoms with E-state index < -0.39 is 5.41 Å². The molecule has 2 unspecified atom stereocenters. The first-order valence-electron chi connectivity index (χ1n) is 9.12. The van der Waals surface area contributed by atoms with E-state index in [0.29, 0.717) is 5.88 Å². The number of halogens is 1. The summed E-state index contributed by atoms with van der Waals surface area (Å²) in [6, 6.07) is 17.2. The highest BCUT2D eigenvalue weighted by atomic mass is 79.9. The summed E-state index contributed by atoms with van der Waals surface area (Å²) in [6.07, 6.45) is 1.97. The van der Waals surface area contributed by atoms with Crippen molar-refractivity contribution in [2.24, 2.45) is 0 Å². The average Bonchev–Trinajstić information content (AvgIpc) is 3.12. The predicted octanol–water partition coefficient (Wildman–Crippen LogP) is 5.83. The van der Waals surface area contributed by atoms with Crippen LogP contribution in [-0.2, 0) is 11.8 Å². The number of nitrogens with zero attached hydrogens (tertiary/aromatic N) is 2. The van der Waals surface area contributed by atoms with E-state index in [0.717, 1.165) is 39.3 Å². The summed E-state index contributed by atoms with van der Waals surface area (Å²) in [5.74, 6) is 0.799. The molecule has 2 aromatic carbocycles. The minimum absolute atomic E-state index is 0.166. The van der Waals surface area contributed by atoms with E-state index in [9.17, 15) is 5.26 Å². The van der Waals surface area contributed by atoms with Crippen molar-refractivity contribution in [2.45, 2.75) is 38.0 Å². The second-order valence-corrected chi connectivity index (χ2v) is 8.29. The molecular weight excluding hydrogens is 400 g/mol. The van der Waals surface area contributed by atoms with Gasteiger partial charge in [0, 0.05) is 21.3 Å². The molecular formula is C23H21BrN2O. The first kappa shape index (κ1) is 18.0. The summed E-state index contributed by atoms with van der Waals surface area (Å²) in [7, 11) is 1.64. The Kier molecular flexibility index (Phi) is 4.44. The van der Waals surface area contributed by atoms with E-state index in [1.165, 1.54) is 11.1 Å². The molecule has 0 N–H and O–H groups in total. The van der Waals surface area contributed by atoms with Crippen LogP contribution in [-0.4, -0.2) is 12.1 Å². The van der Waals surface area contributed by atoms with E-state index in [1.54, 1.807) is 7.11 Å². The molecule has 0 spiro atoms. The highest BCUT2D eigenvalue weighted by Crippen LogP contribution is 2.48. The Balaban J connectivity index is 1.85. The summed E-state index contributed by atoms with van der Waals surface area (Å²) in [5.41, 5.74) is 4.89. The van der Waals surface area contributed by atoms with Crippen molar-refractivity contribution in [3.8, 4) is 11.9 Å². The van der Waals surface area contributed by atoms with Gasteiger partial charge in [-0.25, -0.2) is 4.98 Å². The standard InChI is InChI=1S/C23H21BrN2O/c1-14-11-15-7-8-16(12-21(15)26-22(14)27-3)23(2,13-25)19-10-9-18-17(19)5-4-6-20(18)24/h4-8,11-12,19H,9-10H2,1-3H3. The Hall–Kier alpha value is -2.38. The van der Waals surface area contributed by atoms with E-state index in [2.05, 4.69) is 76.4 Å². The van der Waals surface area contributed by atoms with Gasteiger partial charge in [-0.05, 0) is 61.6 Å². The van der Waals surface area contributed by atoms with Crippen LogP contribution >= 0.6 is 15.9 Å². The van der Waals surface area contributed by atoms with Crippen molar-refractivity contribution in [3.63, 3.8) is 0 Å². The zero-order chi connectivity index (χ0) is 19.2. The molecule has 3 aromatic rings. The minimum atomic E-state index is -0.611. The van der Waals surface area contributed by atoms with E-state index >= 15 is 0 Å². The van der Waals surface area contributed by atoms with Crippen molar-refractivity contribution in [1.82, 2.24) is 4.98 Å². The molecule has 0 saturated heterocycles. The molecule has 0 radical (unpaired) electrons. The molecule has 136 valence electrons. The number of rotatable bonds is 3. The number of pyridine rings is 1. The zero-order valence-corrected chi connectivity index (χ0v) is 17.3. The van der Waals surface area contributed by atoms with Crippen LogP contribution in [0, 0.1) is 18.3 Å². The first-order valence-corrected chi connectivity index (χ1v) is 9.91. The van der Waals surface area contributed by atoms with Gasteiger partial charge in [-0.2, -0.15) is 5.26 Å². The van der Waals surface area contributed by atoms with Gasteiger partial charge in [-0.15, -0.1) is 0 Å². The van der Waals surface area contributed by atoms with Gasteiger partial charge in [0.2, 0.25) is 5.88 Å². The van der Waals surface area contributed by atoms with Crippen LogP contribution in [0.15, 0.2) is 46.9 Å². The van der Waals surface area contributed by atoms with Crippen molar-refractivity contribution < 1.29 is 4.74 Å². The highest BCUT2D eigenvalue weighted by molar-refractivity contribution is 9.10. The zero-order valence-electron chi connectivity index (χ0n) is 15.7. The van der Waals surface area contributed by atoms with Crippen LogP contribution < -0.4 is 4.74 Å². The van der Waals surface area contributed by atoms with Crippen LogP contribution in [0.1, 0.15) is 41.5 Å². The van der Waals surface area contributed by atoms with Crippen molar-refractivity contribution >= 4 is 26.8 Å². The Labute approximate surface area is 168 Å². The average molecular weight is 421 g/mol. The van der Waals surface area contributed by atoms with Gasteiger partial charge < -0.3 is 4.74 Å². The minimum Gasteiger partial charge on any atom is -0.481 e. The number of hydrogen-bond acceptors (Lipinski definition) is 3. The molecule has 3 nitrogen and oxygen atoms in total. The summed E-state index contributed by atoms with van der Waals surface area (Å²) >= 11 is 3.67. The maximum absolute atomic E-state index is 10.2. The predicted molar refractivity (Wildman–Crippen MR) is 111 cm³/mol. The smallest absolute Gasteiger partial charge is 0.216 e. The molecule has 0 saturated carbocycles. The van der Waals surface area contributed by atoms with Gasteiger partial charge in [0.05, 0.1) is 24.1 Å². The normalized spacial score (nSPS) is 18.0. The van der Waals surface area contributed by atoms with Gasteiger partial charge in [0.25, 0.3) is 0 Å². The summed E-state index contributed by atoms with van der Waals surface area (Å²) in [5, 5.41) is 11.3. The third kappa shape index (κ3) is 2.82. The lowest BCUT2D eigenvalue weighted by molar-refractivity contribution is 0.396. The third-order valence-corrected chi connectivity index (χ3v) is 6.64. The molecule has 0 bridgehead atoms. The topological polar surface area (TPSA) is 45.9 Å². The summed E-state index contributed by atoms with van der Waals surface area (Å²) in [4.78, 5) is 4.65. The molecule has 0 amide bonds. The SMILES string of the molecule is COc1nc2cc(C(C)(C#N)C3CCc4c(Br)cccc43)ccc2cc1C. The molecule has 1 aromatic heterocycles. The van der Waals surface area contributed by atoms with Crippen LogP contribution in [0.2, 0.25) is 0 Å². The monoisotopic (exact) mass is 420 g/mol. The lowest BCUT2D eigenvalue weighted by Gasteiger charge is -2.30. The van der Waals surface area contributed by atoms with Crippen molar-refractivity contribution in [1.29, 1.82) is 5.26 Å². The van der Waals surface area contributed by atoms with Crippen LogP contribution in [0.25, 0.3) is 10.9 Å². The fourth-order valence-corrected chi connectivity index (χ4v) is 4.92. The van der Waals surface area contributed by atoms with Gasteiger partial charge in [0.1, 0.15) is 0 Å². The Morgan fingerprint density at radius 3 is 2.81 bits per heavy atom. The molecule has 4 rings (SSSR count). The fraction of sp³-hybridized carbons (Fsp3) is 0.304. The van der Waals surface area contributed by atoms with Gasteiger partial charge in [-0.1, -0.05) is 40.2 Å². The number of nitriles is 1. The molecule has 4 heteroatoms. The molecule has 0 fully saturated rings. The van der Waals surface area contributed by atoms with Gasteiger partial charge >= 0.3 is 0 Å². The maximum Gasteiger partial charge on any atom is 0.216 e. The van der Waals surface area contributed by atoms with Crippen LogP contribution in [0.3, 0.4) is 0 Å². The number of ether oxygens (including phenoxy) is 1. The second kappa shape index (κ2) is 6.65. The lowest BCUT2D eigenvalue weighted by Crippen LogP contribution is -2.27. The van der Waals surface area contributed by atoms with Crippen LogP contribution in [0.5, 0.6) is 5.88 Å². The van der Waals surface area contributed by atoms with Crippen molar-refractivity contribution in [3.05, 3.63) is 69.2 Å². The fourth-order valence-electron chi connectivity index (χ4n) is 4.34. The number of aromatic nitrogens is 1. The Morgan fingerprint density at radius 2 is 2.07 bits per heavy atom. The summed E-state index contributed by atoms with van der Waals surface area (Å²) < 4.78 is 6.52. The molecule has 0 aliphatic heterocycles. The number of aryl methyl sites for hydroxylation is 1. The van der Waals surface area contributed by atoms with E-state index in [-0.39, 0.29) is 5.92 Å². The molecule has 1 heterocycles. The van der Waals surface area contributed by atoms with Gasteiger partial charge in [0.15, 0.2) is 0 Å². The quantitative estimate of drug-likeness (QED) is 0.535. The van der Waals surface area contributed by atoms with Gasteiger partial charge in [-0.3, -0.25) is 0 Å². The molecule has 2 atom stereocenters. The summed E-state index contributed by atoms with van der Waals surface area (Å²) in [6.45, 7) is 4.05. The van der Waals surface area contributed by atoms with Crippen LogP contribution in [0.4, 0.5) is 0 Å². The Morgan fingerprint density at radius 1 is 1.26 bits per heavy atom. The first-order chi connectivity index (χ1) is 13.0. The van der Waals surface area contributed by atoms with Crippen molar-refractivity contribution in [2.75, 3.05) is 7.11 Å². The number of fused-ring (bicyclic) bond motifs is 2. The molecule has 27 heavy (non-hydrogen) atoms. The van der Waals surface area contributed by atoms with E-state index in [4.69, 9.17) is 4.74 Å². The third-order valence-electron chi connectivity index (χ3n) is 5.90. The number of hydrogen-bond donors (Lipinski definition) is 0. The maximum atomic E-state index is 10.2.